The van der Waals surface area contributed by atoms with Crippen molar-refractivity contribution in [3.63, 3.8) is 0 Å². The first-order chi connectivity index (χ1) is 10.5. The van der Waals surface area contributed by atoms with Crippen LogP contribution in [0.1, 0.15) is 96.8 Å². The summed E-state index contributed by atoms with van der Waals surface area (Å²) in [5, 5.41) is 9.72. The van der Waals surface area contributed by atoms with Gasteiger partial charge >= 0.3 is 29.6 Å². The van der Waals surface area contributed by atoms with E-state index in [-0.39, 0.29) is 41.4 Å². The van der Waals surface area contributed by atoms with Gasteiger partial charge in [0.25, 0.3) is 0 Å². The second-order valence-electron chi connectivity index (χ2n) is 6.38. The van der Waals surface area contributed by atoms with Crippen LogP contribution in [0.4, 0.5) is 0 Å². The second kappa shape index (κ2) is 17.7. The number of rotatable bonds is 16. The monoisotopic (exact) mass is 358 g/mol. The van der Waals surface area contributed by atoms with Crippen molar-refractivity contribution in [2.45, 2.75) is 103 Å². The SMILES string of the molecule is CCCCC(O)CCCCCCCCCCCCS(=O)(=O)[O-].[Na+]. The van der Waals surface area contributed by atoms with Crippen LogP contribution in [0.5, 0.6) is 0 Å². The van der Waals surface area contributed by atoms with E-state index in [1.165, 1.54) is 32.1 Å². The summed E-state index contributed by atoms with van der Waals surface area (Å²) in [6.45, 7) is 2.15. The summed E-state index contributed by atoms with van der Waals surface area (Å²) >= 11 is 0. The summed E-state index contributed by atoms with van der Waals surface area (Å²) in [6, 6.07) is 0. The van der Waals surface area contributed by atoms with Crippen molar-refractivity contribution in [3.05, 3.63) is 0 Å². The average molecular weight is 359 g/mol. The zero-order valence-electron chi connectivity index (χ0n) is 15.3. The molecule has 0 amide bonds. The fourth-order valence-electron chi connectivity index (χ4n) is 2.66. The molecular weight excluding hydrogens is 323 g/mol. The molecule has 0 aliphatic carbocycles. The molecule has 0 radical (unpaired) electrons. The van der Waals surface area contributed by atoms with Crippen LogP contribution in [0.3, 0.4) is 0 Å². The normalized spacial score (nSPS) is 12.8. The first kappa shape index (κ1) is 26.1. The molecule has 0 bridgehead atoms. The van der Waals surface area contributed by atoms with Crippen molar-refractivity contribution in [2.24, 2.45) is 0 Å². The van der Waals surface area contributed by atoms with Gasteiger partial charge in [-0.15, -0.1) is 0 Å². The summed E-state index contributed by atoms with van der Waals surface area (Å²) in [6.07, 6.45) is 14.9. The molecule has 0 aromatic heterocycles. The van der Waals surface area contributed by atoms with Crippen LogP contribution >= 0.6 is 0 Å². The predicted molar refractivity (Wildman–Crippen MR) is 90.9 cm³/mol. The Morgan fingerprint density at radius 3 is 1.61 bits per heavy atom. The van der Waals surface area contributed by atoms with Gasteiger partial charge in [-0.1, -0.05) is 77.6 Å². The smallest absolute Gasteiger partial charge is 0.748 e. The third-order valence-electron chi connectivity index (χ3n) is 4.07. The third kappa shape index (κ3) is 22.9. The Bertz CT molecular complexity index is 333. The van der Waals surface area contributed by atoms with Crippen LogP contribution in [0.25, 0.3) is 0 Å². The molecule has 0 aliphatic heterocycles. The molecular formula is C17H35NaO4S. The predicted octanol–water partition coefficient (Wildman–Crippen LogP) is 1.38. The van der Waals surface area contributed by atoms with E-state index < -0.39 is 10.1 Å². The van der Waals surface area contributed by atoms with Gasteiger partial charge in [-0.2, -0.15) is 0 Å². The van der Waals surface area contributed by atoms with Crippen LogP contribution in [-0.2, 0) is 10.1 Å². The van der Waals surface area contributed by atoms with Crippen molar-refractivity contribution in [1.82, 2.24) is 0 Å². The second-order valence-corrected chi connectivity index (χ2v) is 7.91. The molecule has 0 saturated carbocycles. The van der Waals surface area contributed by atoms with Crippen molar-refractivity contribution in [2.75, 3.05) is 5.75 Å². The Hall–Kier alpha value is 0.870. The van der Waals surface area contributed by atoms with Gasteiger partial charge in [0, 0.05) is 5.75 Å². The molecule has 23 heavy (non-hydrogen) atoms. The Labute approximate surface area is 165 Å². The van der Waals surface area contributed by atoms with Gasteiger partial charge in [-0.25, -0.2) is 8.42 Å². The van der Waals surface area contributed by atoms with Crippen LogP contribution in [0.15, 0.2) is 0 Å². The van der Waals surface area contributed by atoms with E-state index in [4.69, 9.17) is 0 Å². The Morgan fingerprint density at radius 2 is 1.17 bits per heavy atom. The van der Waals surface area contributed by atoms with E-state index >= 15 is 0 Å². The van der Waals surface area contributed by atoms with E-state index in [0.29, 0.717) is 6.42 Å². The van der Waals surface area contributed by atoms with Crippen LogP contribution in [-0.4, -0.2) is 29.9 Å². The summed E-state index contributed by atoms with van der Waals surface area (Å²) in [7, 11) is -4.01. The summed E-state index contributed by atoms with van der Waals surface area (Å²) in [5.41, 5.74) is 0. The zero-order chi connectivity index (χ0) is 16.7. The van der Waals surface area contributed by atoms with Crippen molar-refractivity contribution >= 4 is 10.1 Å². The standard InChI is InChI=1S/C17H36O4S.Na/c1-2-3-14-17(18)15-12-10-8-6-4-5-7-9-11-13-16-22(19,20)21;/h17-18H,2-16H2,1H3,(H,19,20,21);/q;+1/p-1. The molecule has 0 fully saturated rings. The molecule has 0 aliphatic rings. The molecule has 0 saturated heterocycles. The van der Waals surface area contributed by atoms with Crippen molar-refractivity contribution in [3.8, 4) is 0 Å². The molecule has 0 rings (SSSR count). The maximum absolute atomic E-state index is 10.4. The maximum Gasteiger partial charge on any atom is 1.00 e. The van der Waals surface area contributed by atoms with Crippen molar-refractivity contribution < 1.29 is 47.6 Å². The molecule has 6 heteroatoms. The van der Waals surface area contributed by atoms with E-state index in [0.717, 1.165) is 51.4 Å². The Morgan fingerprint density at radius 1 is 0.783 bits per heavy atom. The molecule has 1 atom stereocenters. The fourth-order valence-corrected chi connectivity index (χ4v) is 3.21. The molecule has 0 aromatic rings. The number of aliphatic hydroxyl groups excluding tert-OH is 1. The Kier molecular flexibility index (Phi) is 20.1. The zero-order valence-corrected chi connectivity index (χ0v) is 18.1. The van der Waals surface area contributed by atoms with Gasteiger partial charge in [-0.3, -0.25) is 0 Å². The molecule has 0 spiro atoms. The average Bonchev–Trinajstić information content (AvgIpc) is 2.45. The van der Waals surface area contributed by atoms with E-state index in [2.05, 4.69) is 6.92 Å². The van der Waals surface area contributed by atoms with Crippen LogP contribution < -0.4 is 29.6 Å². The molecule has 1 unspecified atom stereocenters. The van der Waals surface area contributed by atoms with Gasteiger partial charge in [0.15, 0.2) is 0 Å². The largest absolute Gasteiger partial charge is 1.00 e. The summed E-state index contributed by atoms with van der Waals surface area (Å²) in [4.78, 5) is 0. The number of unbranched alkanes of at least 4 members (excludes halogenated alkanes) is 10. The van der Waals surface area contributed by atoms with Crippen LogP contribution in [0.2, 0.25) is 0 Å². The van der Waals surface area contributed by atoms with E-state index in [1.807, 2.05) is 0 Å². The maximum atomic E-state index is 10.4. The molecule has 0 aromatic carbocycles. The minimum atomic E-state index is -4.01. The number of aliphatic hydroxyl groups is 1. The topological polar surface area (TPSA) is 77.4 Å². The van der Waals surface area contributed by atoms with Gasteiger partial charge in [0.2, 0.25) is 0 Å². The molecule has 134 valence electrons. The molecule has 0 heterocycles. The minimum Gasteiger partial charge on any atom is -0.748 e. The van der Waals surface area contributed by atoms with E-state index in [1.54, 1.807) is 0 Å². The van der Waals surface area contributed by atoms with Crippen molar-refractivity contribution in [1.29, 1.82) is 0 Å². The first-order valence-electron chi connectivity index (χ1n) is 9.07. The Balaban J connectivity index is 0. The number of hydrogen-bond acceptors (Lipinski definition) is 4. The van der Waals surface area contributed by atoms with Gasteiger partial charge in [-0.05, 0) is 19.3 Å². The summed E-state index contributed by atoms with van der Waals surface area (Å²) < 4.78 is 31.2. The van der Waals surface area contributed by atoms with Gasteiger partial charge in [0.05, 0.1) is 16.2 Å². The van der Waals surface area contributed by atoms with E-state index in [9.17, 15) is 18.1 Å². The van der Waals surface area contributed by atoms with Gasteiger partial charge in [0.1, 0.15) is 0 Å². The summed E-state index contributed by atoms with van der Waals surface area (Å²) in [5.74, 6) is -0.211. The molecule has 1 N–H and O–H groups in total. The fraction of sp³-hybridized carbons (Fsp3) is 1.00. The number of hydrogen-bond donors (Lipinski definition) is 1. The van der Waals surface area contributed by atoms with Gasteiger partial charge < -0.3 is 9.66 Å². The third-order valence-corrected chi connectivity index (χ3v) is 4.86. The molecule has 4 nitrogen and oxygen atoms in total. The van der Waals surface area contributed by atoms with Crippen LogP contribution in [0, 0.1) is 0 Å². The quantitative estimate of drug-likeness (QED) is 0.257. The minimum absolute atomic E-state index is 0. The first-order valence-corrected chi connectivity index (χ1v) is 10.6.